The SMILES string of the molecule is CCC(=Cc1cn(C)nc1C(C)(C)C)CN. The number of rotatable bonds is 3. The Labute approximate surface area is 98.3 Å². The van der Waals surface area contributed by atoms with Gasteiger partial charge in [0.1, 0.15) is 0 Å². The molecule has 3 heteroatoms. The van der Waals surface area contributed by atoms with E-state index in [4.69, 9.17) is 5.73 Å². The molecule has 0 saturated heterocycles. The van der Waals surface area contributed by atoms with Gasteiger partial charge in [0.25, 0.3) is 0 Å². The molecule has 0 aliphatic rings. The summed E-state index contributed by atoms with van der Waals surface area (Å²) in [5, 5.41) is 4.53. The quantitative estimate of drug-likeness (QED) is 0.852. The van der Waals surface area contributed by atoms with Gasteiger partial charge in [0, 0.05) is 30.8 Å². The van der Waals surface area contributed by atoms with E-state index in [0.29, 0.717) is 6.54 Å². The Morgan fingerprint density at radius 2 is 2.12 bits per heavy atom. The lowest BCUT2D eigenvalue weighted by Gasteiger charge is -2.16. The average Bonchev–Trinajstić information content (AvgIpc) is 2.55. The van der Waals surface area contributed by atoms with Crippen LogP contribution in [0.5, 0.6) is 0 Å². The van der Waals surface area contributed by atoms with Crippen molar-refractivity contribution >= 4 is 6.08 Å². The molecule has 0 saturated carbocycles. The summed E-state index contributed by atoms with van der Waals surface area (Å²) in [6.07, 6.45) is 5.23. The Hall–Kier alpha value is -1.09. The van der Waals surface area contributed by atoms with Gasteiger partial charge >= 0.3 is 0 Å². The summed E-state index contributed by atoms with van der Waals surface area (Å²) in [5.41, 5.74) is 9.36. The number of nitrogens with zero attached hydrogens (tertiary/aromatic N) is 2. The Morgan fingerprint density at radius 1 is 1.50 bits per heavy atom. The van der Waals surface area contributed by atoms with E-state index in [0.717, 1.165) is 12.1 Å². The van der Waals surface area contributed by atoms with E-state index in [1.165, 1.54) is 11.1 Å². The van der Waals surface area contributed by atoms with Crippen molar-refractivity contribution in [3.63, 3.8) is 0 Å². The lowest BCUT2D eigenvalue weighted by atomic mass is 9.89. The van der Waals surface area contributed by atoms with E-state index < -0.39 is 0 Å². The summed E-state index contributed by atoms with van der Waals surface area (Å²) >= 11 is 0. The molecule has 0 amide bonds. The standard InChI is InChI=1S/C13H23N3/c1-6-10(8-14)7-11-9-16(5)15-12(11)13(2,3)4/h7,9H,6,8,14H2,1-5H3. The van der Waals surface area contributed by atoms with Crippen LogP contribution in [-0.4, -0.2) is 16.3 Å². The second-order valence-corrected chi connectivity index (χ2v) is 5.22. The van der Waals surface area contributed by atoms with Crippen LogP contribution in [0, 0.1) is 0 Å². The first-order chi connectivity index (χ1) is 7.38. The van der Waals surface area contributed by atoms with Crippen LogP contribution >= 0.6 is 0 Å². The van der Waals surface area contributed by atoms with Crippen molar-refractivity contribution in [1.29, 1.82) is 0 Å². The molecule has 0 radical (unpaired) electrons. The van der Waals surface area contributed by atoms with Crippen molar-refractivity contribution in [3.05, 3.63) is 23.0 Å². The third kappa shape index (κ3) is 2.95. The molecule has 16 heavy (non-hydrogen) atoms. The zero-order chi connectivity index (χ0) is 12.3. The van der Waals surface area contributed by atoms with Crippen molar-refractivity contribution in [2.45, 2.75) is 39.5 Å². The van der Waals surface area contributed by atoms with Gasteiger partial charge in [-0.3, -0.25) is 4.68 Å². The van der Waals surface area contributed by atoms with E-state index in [1.807, 2.05) is 11.7 Å². The number of hydrogen-bond acceptors (Lipinski definition) is 2. The molecule has 1 heterocycles. The van der Waals surface area contributed by atoms with Crippen molar-refractivity contribution in [1.82, 2.24) is 9.78 Å². The molecule has 0 aliphatic carbocycles. The maximum atomic E-state index is 5.70. The number of aromatic nitrogens is 2. The van der Waals surface area contributed by atoms with Crippen molar-refractivity contribution in [3.8, 4) is 0 Å². The van der Waals surface area contributed by atoms with Gasteiger partial charge in [-0.15, -0.1) is 0 Å². The highest BCUT2D eigenvalue weighted by atomic mass is 15.3. The normalized spacial score (nSPS) is 13.2. The van der Waals surface area contributed by atoms with Crippen LogP contribution in [-0.2, 0) is 12.5 Å². The van der Waals surface area contributed by atoms with Gasteiger partial charge in [0.05, 0.1) is 5.69 Å². The second-order valence-electron chi connectivity index (χ2n) is 5.22. The van der Waals surface area contributed by atoms with Gasteiger partial charge < -0.3 is 5.73 Å². The maximum Gasteiger partial charge on any atom is 0.0750 e. The van der Waals surface area contributed by atoms with Gasteiger partial charge in [-0.05, 0) is 6.42 Å². The predicted octanol–water partition coefficient (Wildman–Crippen LogP) is 2.47. The van der Waals surface area contributed by atoms with Gasteiger partial charge in [-0.1, -0.05) is 39.3 Å². The third-order valence-electron chi connectivity index (χ3n) is 2.64. The number of nitrogens with two attached hydrogens (primary N) is 1. The van der Waals surface area contributed by atoms with Gasteiger partial charge in [-0.2, -0.15) is 5.10 Å². The fourth-order valence-electron chi connectivity index (χ4n) is 1.72. The lowest BCUT2D eigenvalue weighted by molar-refractivity contribution is 0.552. The van der Waals surface area contributed by atoms with E-state index in [2.05, 4.69) is 45.1 Å². The van der Waals surface area contributed by atoms with Crippen LogP contribution in [0.3, 0.4) is 0 Å². The first-order valence-electron chi connectivity index (χ1n) is 5.82. The highest BCUT2D eigenvalue weighted by Gasteiger charge is 2.20. The Balaban J connectivity index is 3.18. The molecule has 0 bridgehead atoms. The minimum absolute atomic E-state index is 0.0700. The Kier molecular flexibility index (Phi) is 3.92. The van der Waals surface area contributed by atoms with Crippen LogP contribution < -0.4 is 5.73 Å². The summed E-state index contributed by atoms with van der Waals surface area (Å²) < 4.78 is 1.87. The fraction of sp³-hybridized carbons (Fsp3) is 0.615. The largest absolute Gasteiger partial charge is 0.327 e. The second kappa shape index (κ2) is 4.83. The zero-order valence-corrected chi connectivity index (χ0v) is 11.0. The topological polar surface area (TPSA) is 43.8 Å². The first-order valence-corrected chi connectivity index (χ1v) is 5.82. The van der Waals surface area contributed by atoms with Crippen molar-refractivity contribution < 1.29 is 0 Å². The minimum Gasteiger partial charge on any atom is -0.327 e. The van der Waals surface area contributed by atoms with Crippen LogP contribution in [0.4, 0.5) is 0 Å². The van der Waals surface area contributed by atoms with E-state index in [1.54, 1.807) is 0 Å². The average molecular weight is 221 g/mol. The van der Waals surface area contributed by atoms with E-state index in [9.17, 15) is 0 Å². The molecular weight excluding hydrogens is 198 g/mol. The summed E-state index contributed by atoms with van der Waals surface area (Å²) in [4.78, 5) is 0. The molecule has 0 aliphatic heterocycles. The smallest absolute Gasteiger partial charge is 0.0750 e. The summed E-state index contributed by atoms with van der Waals surface area (Å²) in [5.74, 6) is 0. The Morgan fingerprint density at radius 3 is 2.56 bits per heavy atom. The van der Waals surface area contributed by atoms with E-state index >= 15 is 0 Å². The molecule has 1 aromatic rings. The molecule has 0 fully saturated rings. The molecule has 0 aromatic carbocycles. The lowest BCUT2D eigenvalue weighted by Crippen LogP contribution is -2.14. The highest BCUT2D eigenvalue weighted by molar-refractivity contribution is 5.56. The van der Waals surface area contributed by atoms with Crippen LogP contribution in [0.1, 0.15) is 45.4 Å². The van der Waals surface area contributed by atoms with Crippen LogP contribution in [0.25, 0.3) is 6.08 Å². The molecule has 2 N–H and O–H groups in total. The number of aryl methyl sites for hydroxylation is 1. The molecule has 0 unspecified atom stereocenters. The summed E-state index contributed by atoms with van der Waals surface area (Å²) in [6, 6.07) is 0. The maximum absolute atomic E-state index is 5.70. The van der Waals surface area contributed by atoms with Crippen molar-refractivity contribution in [2.24, 2.45) is 12.8 Å². The third-order valence-corrected chi connectivity index (χ3v) is 2.64. The van der Waals surface area contributed by atoms with Gasteiger partial charge in [0.2, 0.25) is 0 Å². The molecule has 1 rings (SSSR count). The first kappa shape index (κ1) is 13.0. The van der Waals surface area contributed by atoms with Gasteiger partial charge in [0.15, 0.2) is 0 Å². The van der Waals surface area contributed by atoms with Gasteiger partial charge in [-0.25, -0.2) is 0 Å². The molecular formula is C13H23N3. The monoisotopic (exact) mass is 221 g/mol. The molecule has 90 valence electrons. The Bertz CT molecular complexity index is 374. The van der Waals surface area contributed by atoms with E-state index in [-0.39, 0.29) is 5.41 Å². The number of hydrogen-bond donors (Lipinski definition) is 1. The molecule has 0 atom stereocenters. The van der Waals surface area contributed by atoms with Crippen molar-refractivity contribution in [2.75, 3.05) is 6.54 Å². The zero-order valence-electron chi connectivity index (χ0n) is 11.0. The minimum atomic E-state index is 0.0700. The fourth-order valence-corrected chi connectivity index (χ4v) is 1.72. The van der Waals surface area contributed by atoms with Crippen LogP contribution in [0.15, 0.2) is 11.8 Å². The summed E-state index contributed by atoms with van der Waals surface area (Å²) in [6.45, 7) is 9.29. The molecule has 0 spiro atoms. The molecule has 3 nitrogen and oxygen atoms in total. The molecule has 1 aromatic heterocycles. The predicted molar refractivity (Wildman–Crippen MR) is 69.2 cm³/mol. The van der Waals surface area contributed by atoms with Crippen LogP contribution in [0.2, 0.25) is 0 Å². The highest BCUT2D eigenvalue weighted by Crippen LogP contribution is 2.25. The summed E-state index contributed by atoms with van der Waals surface area (Å²) in [7, 11) is 1.96.